The maximum absolute atomic E-state index is 10.7. The standard InChI is InChI=1S/C10H14N2O2S2/c1-11-8(10(13)14)5-7-15-16-9-4-2-3-6-12-9/h2-4,6,8,11H,5,7H2,1H3,(H,13,14). The van der Waals surface area contributed by atoms with Crippen LogP contribution in [-0.4, -0.2) is 34.9 Å². The van der Waals surface area contributed by atoms with Crippen molar-refractivity contribution < 1.29 is 9.90 Å². The highest BCUT2D eigenvalue weighted by molar-refractivity contribution is 8.76. The van der Waals surface area contributed by atoms with E-state index in [9.17, 15) is 4.79 Å². The van der Waals surface area contributed by atoms with E-state index in [0.717, 1.165) is 10.8 Å². The van der Waals surface area contributed by atoms with E-state index in [1.807, 2.05) is 18.2 Å². The maximum Gasteiger partial charge on any atom is 0.320 e. The van der Waals surface area contributed by atoms with Gasteiger partial charge in [-0.2, -0.15) is 0 Å². The minimum Gasteiger partial charge on any atom is -0.480 e. The lowest BCUT2D eigenvalue weighted by atomic mass is 10.2. The number of carboxylic acids is 1. The molecule has 1 heterocycles. The number of pyridine rings is 1. The lowest BCUT2D eigenvalue weighted by Crippen LogP contribution is -2.34. The van der Waals surface area contributed by atoms with Crippen LogP contribution in [0.15, 0.2) is 29.4 Å². The normalized spacial score (nSPS) is 12.3. The molecule has 0 aliphatic carbocycles. The fraction of sp³-hybridized carbons (Fsp3) is 0.400. The van der Waals surface area contributed by atoms with Crippen molar-refractivity contribution in [2.24, 2.45) is 0 Å². The van der Waals surface area contributed by atoms with Gasteiger partial charge in [-0.25, -0.2) is 4.98 Å². The fourth-order valence-electron chi connectivity index (χ4n) is 1.06. The quantitative estimate of drug-likeness (QED) is 0.575. The maximum atomic E-state index is 10.7. The molecule has 1 rings (SSSR count). The number of hydrogen-bond acceptors (Lipinski definition) is 5. The Balaban J connectivity index is 2.19. The first-order valence-corrected chi connectivity index (χ1v) is 7.16. The van der Waals surface area contributed by atoms with Crippen LogP contribution in [0.3, 0.4) is 0 Å². The Morgan fingerprint density at radius 2 is 2.44 bits per heavy atom. The zero-order valence-corrected chi connectivity index (χ0v) is 10.6. The van der Waals surface area contributed by atoms with Gasteiger partial charge < -0.3 is 10.4 Å². The summed E-state index contributed by atoms with van der Waals surface area (Å²) in [5.41, 5.74) is 0. The molecule has 1 unspecified atom stereocenters. The molecule has 4 nitrogen and oxygen atoms in total. The molecule has 0 aliphatic rings. The van der Waals surface area contributed by atoms with Gasteiger partial charge in [0.05, 0.1) is 0 Å². The Morgan fingerprint density at radius 1 is 1.62 bits per heavy atom. The van der Waals surface area contributed by atoms with E-state index in [1.165, 1.54) is 0 Å². The lowest BCUT2D eigenvalue weighted by molar-refractivity contribution is -0.139. The minimum absolute atomic E-state index is 0.461. The van der Waals surface area contributed by atoms with Crippen LogP contribution in [0.25, 0.3) is 0 Å². The summed E-state index contributed by atoms with van der Waals surface area (Å²) in [6, 6.07) is 5.28. The molecule has 88 valence electrons. The Hall–Kier alpha value is -0.720. The monoisotopic (exact) mass is 258 g/mol. The van der Waals surface area contributed by atoms with Gasteiger partial charge in [0, 0.05) is 11.9 Å². The predicted octanol–water partition coefficient (Wildman–Crippen LogP) is 1.88. The van der Waals surface area contributed by atoms with Gasteiger partial charge in [-0.1, -0.05) is 16.9 Å². The van der Waals surface area contributed by atoms with Crippen LogP contribution in [0.1, 0.15) is 6.42 Å². The molecule has 0 saturated carbocycles. The number of carbonyl (C=O) groups is 1. The Bertz CT molecular complexity index is 322. The number of aromatic nitrogens is 1. The van der Waals surface area contributed by atoms with Gasteiger partial charge in [-0.15, -0.1) is 0 Å². The molecule has 6 heteroatoms. The summed E-state index contributed by atoms with van der Waals surface area (Å²) < 4.78 is 0. The average molecular weight is 258 g/mol. The van der Waals surface area contributed by atoms with Crippen molar-refractivity contribution in [2.45, 2.75) is 17.5 Å². The van der Waals surface area contributed by atoms with Gasteiger partial charge in [-0.3, -0.25) is 4.79 Å². The molecule has 1 atom stereocenters. The van der Waals surface area contributed by atoms with E-state index in [0.29, 0.717) is 6.42 Å². The highest BCUT2D eigenvalue weighted by Crippen LogP contribution is 2.29. The summed E-state index contributed by atoms with van der Waals surface area (Å²) in [7, 11) is 4.85. The summed E-state index contributed by atoms with van der Waals surface area (Å²) in [4.78, 5) is 14.9. The van der Waals surface area contributed by atoms with Crippen molar-refractivity contribution >= 4 is 27.6 Å². The first-order valence-electron chi connectivity index (χ1n) is 4.84. The molecule has 0 fully saturated rings. The lowest BCUT2D eigenvalue weighted by Gasteiger charge is -2.09. The molecular formula is C10H14N2O2S2. The smallest absolute Gasteiger partial charge is 0.320 e. The second-order valence-corrected chi connectivity index (χ2v) is 5.48. The molecular weight excluding hydrogens is 244 g/mol. The van der Waals surface area contributed by atoms with E-state index in [-0.39, 0.29) is 0 Å². The van der Waals surface area contributed by atoms with Gasteiger partial charge in [0.15, 0.2) is 0 Å². The fourth-order valence-corrected chi connectivity index (χ4v) is 3.03. The first kappa shape index (κ1) is 13.3. The first-order chi connectivity index (χ1) is 7.74. The Kier molecular flexibility index (Phi) is 6.29. The van der Waals surface area contributed by atoms with Gasteiger partial charge in [0.1, 0.15) is 11.1 Å². The van der Waals surface area contributed by atoms with Crippen molar-refractivity contribution in [1.82, 2.24) is 10.3 Å². The Morgan fingerprint density at radius 3 is 3.00 bits per heavy atom. The summed E-state index contributed by atoms with van der Waals surface area (Å²) in [6.07, 6.45) is 2.35. The molecule has 0 spiro atoms. The molecule has 0 radical (unpaired) electrons. The third-order valence-electron chi connectivity index (χ3n) is 1.92. The van der Waals surface area contributed by atoms with Crippen LogP contribution in [0.2, 0.25) is 0 Å². The van der Waals surface area contributed by atoms with Gasteiger partial charge in [0.2, 0.25) is 0 Å². The van der Waals surface area contributed by atoms with Crippen LogP contribution in [0, 0.1) is 0 Å². The Labute approximate surface area is 103 Å². The molecule has 0 bridgehead atoms. The molecule has 0 aliphatic heterocycles. The summed E-state index contributed by atoms with van der Waals surface area (Å²) in [5, 5.41) is 12.5. The molecule has 16 heavy (non-hydrogen) atoms. The second-order valence-electron chi connectivity index (χ2n) is 3.04. The van der Waals surface area contributed by atoms with E-state index >= 15 is 0 Å². The minimum atomic E-state index is -0.800. The van der Waals surface area contributed by atoms with E-state index in [1.54, 1.807) is 34.8 Å². The average Bonchev–Trinajstić information content (AvgIpc) is 2.30. The highest BCUT2D eigenvalue weighted by Gasteiger charge is 2.13. The number of aliphatic carboxylic acids is 1. The largest absolute Gasteiger partial charge is 0.480 e. The number of nitrogens with one attached hydrogen (secondary N) is 1. The molecule has 0 aromatic carbocycles. The summed E-state index contributed by atoms with van der Waals surface area (Å²) in [5.74, 6) is -0.0232. The van der Waals surface area contributed by atoms with Crippen LogP contribution in [0.5, 0.6) is 0 Å². The zero-order chi connectivity index (χ0) is 11.8. The molecule has 1 aromatic heterocycles. The van der Waals surface area contributed by atoms with Crippen LogP contribution >= 0.6 is 21.6 Å². The van der Waals surface area contributed by atoms with E-state index < -0.39 is 12.0 Å². The van der Waals surface area contributed by atoms with Crippen molar-refractivity contribution in [3.05, 3.63) is 24.4 Å². The molecule has 1 aromatic rings. The zero-order valence-electron chi connectivity index (χ0n) is 8.92. The second kappa shape index (κ2) is 7.54. The molecule has 2 N–H and O–H groups in total. The van der Waals surface area contributed by atoms with Crippen LogP contribution in [0.4, 0.5) is 0 Å². The number of rotatable bonds is 7. The SMILES string of the molecule is CNC(CCSSc1ccccn1)C(=O)O. The van der Waals surface area contributed by atoms with Crippen molar-refractivity contribution in [3.63, 3.8) is 0 Å². The number of carboxylic acid groups (broad SMARTS) is 1. The van der Waals surface area contributed by atoms with Gasteiger partial charge >= 0.3 is 5.97 Å². The third-order valence-corrected chi connectivity index (χ3v) is 4.22. The number of nitrogens with zero attached hydrogens (tertiary/aromatic N) is 1. The third kappa shape index (κ3) is 4.87. The summed E-state index contributed by atoms with van der Waals surface area (Å²) >= 11 is 0. The van der Waals surface area contributed by atoms with Crippen molar-refractivity contribution in [1.29, 1.82) is 0 Å². The number of hydrogen-bond donors (Lipinski definition) is 2. The molecule has 0 amide bonds. The van der Waals surface area contributed by atoms with Crippen LogP contribution in [-0.2, 0) is 4.79 Å². The summed E-state index contributed by atoms with van der Waals surface area (Å²) in [6.45, 7) is 0. The van der Waals surface area contributed by atoms with E-state index in [4.69, 9.17) is 5.11 Å². The number of likely N-dealkylation sites (N-methyl/N-ethyl adjacent to an activating group) is 1. The van der Waals surface area contributed by atoms with Crippen molar-refractivity contribution in [2.75, 3.05) is 12.8 Å². The molecule has 0 saturated heterocycles. The van der Waals surface area contributed by atoms with Crippen LogP contribution < -0.4 is 5.32 Å². The predicted molar refractivity (Wildman–Crippen MR) is 67.7 cm³/mol. The highest BCUT2D eigenvalue weighted by atomic mass is 33.1. The van der Waals surface area contributed by atoms with Gasteiger partial charge in [0.25, 0.3) is 0 Å². The van der Waals surface area contributed by atoms with Crippen molar-refractivity contribution in [3.8, 4) is 0 Å². The van der Waals surface area contributed by atoms with Gasteiger partial charge in [-0.05, 0) is 36.4 Å². The topological polar surface area (TPSA) is 62.2 Å². The van der Waals surface area contributed by atoms with E-state index in [2.05, 4.69) is 10.3 Å².